The summed E-state index contributed by atoms with van der Waals surface area (Å²) in [5.74, 6) is 0.381. The lowest BCUT2D eigenvalue weighted by Crippen LogP contribution is -2.24. The van der Waals surface area contributed by atoms with Gasteiger partial charge < -0.3 is 10.3 Å². The fourth-order valence-electron chi connectivity index (χ4n) is 2.93. The van der Waals surface area contributed by atoms with Crippen molar-refractivity contribution in [3.63, 3.8) is 0 Å². The molecule has 0 saturated heterocycles. The molecule has 1 aromatic heterocycles. The van der Waals surface area contributed by atoms with Crippen LogP contribution >= 0.6 is 0 Å². The first-order valence-electron chi connectivity index (χ1n) is 6.39. The van der Waals surface area contributed by atoms with Gasteiger partial charge in [0.15, 0.2) is 0 Å². The number of hydrogen-bond acceptors (Lipinski definition) is 1. The van der Waals surface area contributed by atoms with E-state index in [1.165, 1.54) is 6.07 Å². The van der Waals surface area contributed by atoms with Gasteiger partial charge >= 0.3 is 6.18 Å². The van der Waals surface area contributed by atoms with Crippen LogP contribution < -0.4 is 5.73 Å². The summed E-state index contributed by atoms with van der Waals surface area (Å²) in [5.41, 5.74) is 6.77. The molecule has 1 aliphatic heterocycles. The maximum Gasteiger partial charge on any atom is 0.417 e. The molecular weight excluding hydrogens is 253 g/mol. The van der Waals surface area contributed by atoms with Crippen LogP contribution in [0.5, 0.6) is 0 Å². The zero-order valence-corrected chi connectivity index (χ0v) is 10.4. The highest BCUT2D eigenvalue weighted by atomic mass is 19.4. The zero-order valence-electron chi connectivity index (χ0n) is 10.4. The summed E-state index contributed by atoms with van der Waals surface area (Å²) < 4.78 is 41.0. The lowest BCUT2D eigenvalue weighted by atomic mass is 9.96. The van der Waals surface area contributed by atoms with Crippen molar-refractivity contribution in [3.05, 3.63) is 35.5 Å². The van der Waals surface area contributed by atoms with Crippen LogP contribution in [-0.4, -0.2) is 11.1 Å². The average molecular weight is 268 g/mol. The average Bonchev–Trinajstić information content (AvgIpc) is 2.74. The number of aromatic nitrogens is 1. The number of fused-ring (bicyclic) bond motifs is 3. The van der Waals surface area contributed by atoms with Crippen molar-refractivity contribution in [2.75, 3.05) is 6.54 Å². The molecule has 5 heteroatoms. The number of aryl methyl sites for hydroxylation is 1. The lowest BCUT2D eigenvalue weighted by Gasteiger charge is -2.23. The van der Waals surface area contributed by atoms with Crippen molar-refractivity contribution >= 4 is 10.9 Å². The molecule has 2 N–H and O–H groups in total. The summed E-state index contributed by atoms with van der Waals surface area (Å²) >= 11 is 0. The second kappa shape index (κ2) is 4.27. The first-order valence-corrected chi connectivity index (χ1v) is 6.39. The molecule has 19 heavy (non-hydrogen) atoms. The molecule has 1 unspecified atom stereocenters. The molecule has 0 aliphatic carbocycles. The topological polar surface area (TPSA) is 30.9 Å². The van der Waals surface area contributed by atoms with Gasteiger partial charge in [0.1, 0.15) is 0 Å². The first-order chi connectivity index (χ1) is 9.00. The standard InChI is InChI=1S/C14H15F3N2/c15-14(16,17)12-2-1-3-13-11(12)7-10-6-9(8-18)4-5-19(10)13/h1-3,7,9H,4-6,8,18H2. The Labute approximate surface area is 109 Å². The number of rotatable bonds is 1. The molecule has 0 amide bonds. The third kappa shape index (κ3) is 2.02. The molecule has 102 valence electrons. The summed E-state index contributed by atoms with van der Waals surface area (Å²) in [6.07, 6.45) is -2.60. The zero-order chi connectivity index (χ0) is 13.6. The van der Waals surface area contributed by atoms with Gasteiger partial charge in [-0.2, -0.15) is 13.2 Å². The van der Waals surface area contributed by atoms with Crippen LogP contribution in [0.3, 0.4) is 0 Å². The van der Waals surface area contributed by atoms with Crippen molar-refractivity contribution in [1.82, 2.24) is 4.57 Å². The van der Waals surface area contributed by atoms with Gasteiger partial charge in [0, 0.05) is 23.1 Å². The van der Waals surface area contributed by atoms with Gasteiger partial charge in [0.2, 0.25) is 0 Å². The Hall–Kier alpha value is -1.49. The Balaban J connectivity index is 2.17. The van der Waals surface area contributed by atoms with Crippen molar-refractivity contribution in [1.29, 1.82) is 0 Å². The van der Waals surface area contributed by atoms with Gasteiger partial charge in [-0.3, -0.25) is 0 Å². The van der Waals surface area contributed by atoms with Crippen molar-refractivity contribution in [2.45, 2.75) is 25.6 Å². The summed E-state index contributed by atoms with van der Waals surface area (Å²) in [4.78, 5) is 0. The predicted octanol–water partition coefficient (Wildman–Crippen LogP) is 3.18. The van der Waals surface area contributed by atoms with Gasteiger partial charge in [0.05, 0.1) is 5.56 Å². The minimum Gasteiger partial charge on any atom is -0.345 e. The summed E-state index contributed by atoms with van der Waals surface area (Å²) in [7, 11) is 0. The molecule has 2 aromatic rings. The van der Waals surface area contributed by atoms with E-state index in [0.29, 0.717) is 23.4 Å². The van der Waals surface area contributed by atoms with E-state index >= 15 is 0 Å². The molecule has 1 aromatic carbocycles. The highest BCUT2D eigenvalue weighted by Gasteiger charge is 2.33. The third-order valence-electron chi connectivity index (χ3n) is 3.93. The van der Waals surface area contributed by atoms with E-state index in [1.54, 1.807) is 12.1 Å². The number of alkyl halides is 3. The quantitative estimate of drug-likeness (QED) is 0.846. The molecule has 0 fully saturated rings. The van der Waals surface area contributed by atoms with Crippen LogP contribution in [0, 0.1) is 5.92 Å². The Bertz CT molecular complexity index is 613. The van der Waals surface area contributed by atoms with E-state index in [-0.39, 0.29) is 0 Å². The second-order valence-electron chi connectivity index (χ2n) is 5.12. The number of nitrogens with zero attached hydrogens (tertiary/aromatic N) is 1. The maximum atomic E-state index is 13.0. The molecule has 0 spiro atoms. The second-order valence-corrected chi connectivity index (χ2v) is 5.12. The molecule has 0 bridgehead atoms. The third-order valence-corrected chi connectivity index (χ3v) is 3.93. The summed E-state index contributed by atoms with van der Waals surface area (Å²) in [6, 6.07) is 6.07. The van der Waals surface area contributed by atoms with Gasteiger partial charge in [-0.15, -0.1) is 0 Å². The molecule has 3 rings (SSSR count). The van der Waals surface area contributed by atoms with Crippen LogP contribution in [0.1, 0.15) is 17.7 Å². The van der Waals surface area contributed by atoms with E-state index in [1.807, 2.05) is 4.57 Å². The molecule has 2 heterocycles. The predicted molar refractivity (Wildman–Crippen MR) is 67.8 cm³/mol. The first kappa shape index (κ1) is 12.5. The number of hydrogen-bond donors (Lipinski definition) is 1. The van der Waals surface area contributed by atoms with Gasteiger partial charge in [-0.1, -0.05) is 6.07 Å². The van der Waals surface area contributed by atoms with Crippen LogP contribution in [0.15, 0.2) is 24.3 Å². The molecule has 2 nitrogen and oxygen atoms in total. The van der Waals surface area contributed by atoms with Crippen molar-refractivity contribution in [2.24, 2.45) is 11.7 Å². The summed E-state index contributed by atoms with van der Waals surface area (Å²) in [6.45, 7) is 1.34. The molecule has 1 aliphatic rings. The maximum absolute atomic E-state index is 13.0. The minimum absolute atomic E-state index is 0.308. The van der Waals surface area contributed by atoms with E-state index < -0.39 is 11.7 Å². The minimum atomic E-state index is -4.30. The van der Waals surface area contributed by atoms with Crippen LogP contribution in [0.25, 0.3) is 10.9 Å². The highest BCUT2D eigenvalue weighted by molar-refractivity contribution is 5.85. The Morgan fingerprint density at radius 3 is 2.79 bits per heavy atom. The van der Waals surface area contributed by atoms with Crippen molar-refractivity contribution in [3.8, 4) is 0 Å². The van der Waals surface area contributed by atoms with Crippen LogP contribution in [0.4, 0.5) is 13.2 Å². The van der Waals surface area contributed by atoms with Gasteiger partial charge in [0.25, 0.3) is 0 Å². The normalized spacial score (nSPS) is 19.7. The van der Waals surface area contributed by atoms with Gasteiger partial charge in [-0.05, 0) is 43.5 Å². The van der Waals surface area contributed by atoms with E-state index in [9.17, 15) is 13.2 Å². The van der Waals surface area contributed by atoms with Crippen LogP contribution in [0.2, 0.25) is 0 Å². The smallest absolute Gasteiger partial charge is 0.345 e. The van der Waals surface area contributed by atoms with E-state index in [0.717, 1.165) is 31.1 Å². The largest absolute Gasteiger partial charge is 0.417 e. The van der Waals surface area contributed by atoms with E-state index in [2.05, 4.69) is 0 Å². The lowest BCUT2D eigenvalue weighted by molar-refractivity contribution is -0.136. The van der Waals surface area contributed by atoms with Crippen molar-refractivity contribution < 1.29 is 13.2 Å². The highest BCUT2D eigenvalue weighted by Crippen LogP contribution is 2.37. The molecule has 1 atom stereocenters. The number of nitrogens with two attached hydrogens (primary N) is 1. The van der Waals surface area contributed by atoms with Gasteiger partial charge in [-0.25, -0.2) is 0 Å². The van der Waals surface area contributed by atoms with Crippen LogP contribution in [-0.2, 0) is 19.1 Å². The number of halogens is 3. The van der Waals surface area contributed by atoms with E-state index in [4.69, 9.17) is 5.73 Å². The Morgan fingerprint density at radius 2 is 2.11 bits per heavy atom. The molecule has 0 saturated carbocycles. The summed E-state index contributed by atoms with van der Waals surface area (Å²) in [5, 5.41) is 0.308. The molecule has 0 radical (unpaired) electrons. The Kier molecular flexibility index (Phi) is 2.82. The monoisotopic (exact) mass is 268 g/mol. The fraction of sp³-hybridized carbons (Fsp3) is 0.429. The SMILES string of the molecule is NCC1CCn2c(cc3c(C(F)(F)F)cccc32)C1. The Morgan fingerprint density at radius 1 is 1.32 bits per heavy atom. The fourth-order valence-corrected chi connectivity index (χ4v) is 2.93. The number of benzene rings is 1. The molecular formula is C14H15F3N2.